The van der Waals surface area contributed by atoms with Gasteiger partial charge in [-0.3, -0.25) is 0 Å². The lowest BCUT2D eigenvalue weighted by atomic mass is 10.1. The molecular formula is C17H31N3O4S. The van der Waals surface area contributed by atoms with E-state index in [4.69, 9.17) is 9.47 Å². The number of hydrogen-bond donors (Lipinski definition) is 0. The van der Waals surface area contributed by atoms with Crippen molar-refractivity contribution < 1.29 is 17.9 Å². The minimum Gasteiger partial charge on any atom is -0.385 e. The zero-order valence-electron chi connectivity index (χ0n) is 15.6. The van der Waals surface area contributed by atoms with E-state index in [2.05, 4.69) is 16.9 Å². The number of hydrogen-bond acceptors (Lipinski definition) is 6. The summed E-state index contributed by atoms with van der Waals surface area (Å²) in [5.41, 5.74) is 0.920. The van der Waals surface area contributed by atoms with Crippen molar-refractivity contribution in [3.8, 4) is 0 Å². The Morgan fingerprint density at radius 3 is 2.88 bits per heavy atom. The number of rotatable bonds is 10. The Labute approximate surface area is 151 Å². The molecule has 0 spiro atoms. The van der Waals surface area contributed by atoms with Crippen LogP contribution in [-0.2, 0) is 32.4 Å². The molecule has 8 heteroatoms. The molecule has 25 heavy (non-hydrogen) atoms. The molecule has 1 saturated heterocycles. The predicted molar refractivity (Wildman–Crippen MR) is 96.4 cm³/mol. The Morgan fingerprint density at radius 2 is 2.24 bits per heavy atom. The third kappa shape index (κ3) is 6.36. The molecule has 2 rings (SSSR count). The van der Waals surface area contributed by atoms with Crippen LogP contribution in [0.15, 0.2) is 11.4 Å². The number of aromatic nitrogens is 2. The van der Waals surface area contributed by atoms with Crippen molar-refractivity contribution in [1.29, 1.82) is 0 Å². The molecular weight excluding hydrogens is 342 g/mol. The molecule has 1 atom stereocenters. The summed E-state index contributed by atoms with van der Waals surface area (Å²) in [7, 11) is 0.355. The van der Waals surface area contributed by atoms with Gasteiger partial charge >= 0.3 is 0 Å². The molecule has 0 aromatic carbocycles. The van der Waals surface area contributed by atoms with E-state index in [1.54, 1.807) is 13.3 Å². The molecule has 1 fully saturated rings. The van der Waals surface area contributed by atoms with Gasteiger partial charge in [0.1, 0.15) is 0 Å². The molecule has 0 radical (unpaired) electrons. The fourth-order valence-corrected chi connectivity index (χ4v) is 4.03. The van der Waals surface area contributed by atoms with E-state index in [1.165, 1.54) is 19.1 Å². The molecule has 0 bridgehead atoms. The molecule has 144 valence electrons. The highest BCUT2D eigenvalue weighted by molar-refractivity contribution is 7.90. The Hall–Kier alpha value is -0.960. The molecule has 1 unspecified atom stereocenters. The molecule has 0 aliphatic carbocycles. The molecule has 1 aromatic rings. The standard InChI is InChI=1S/C17H31N3O4S/c1-19(10-8-16-7-4-5-12-24-16)14-15-13-18-17(25(3,21)22)20(15)9-6-11-23-2/h13,16H,4-12,14H2,1-3H3. The largest absolute Gasteiger partial charge is 0.385 e. The summed E-state index contributed by atoms with van der Waals surface area (Å²) in [5, 5.41) is 0.141. The van der Waals surface area contributed by atoms with Crippen molar-refractivity contribution in [2.75, 3.05) is 40.2 Å². The van der Waals surface area contributed by atoms with Crippen molar-refractivity contribution in [3.05, 3.63) is 11.9 Å². The van der Waals surface area contributed by atoms with E-state index in [0.717, 1.165) is 38.1 Å². The van der Waals surface area contributed by atoms with Crippen LogP contribution in [0.3, 0.4) is 0 Å². The zero-order valence-corrected chi connectivity index (χ0v) is 16.4. The van der Waals surface area contributed by atoms with Crippen molar-refractivity contribution in [3.63, 3.8) is 0 Å². The first-order valence-corrected chi connectivity index (χ1v) is 10.8. The van der Waals surface area contributed by atoms with Gasteiger partial charge in [-0.1, -0.05) is 0 Å². The lowest BCUT2D eigenvalue weighted by molar-refractivity contribution is 0.00631. The summed E-state index contributed by atoms with van der Waals surface area (Å²) in [5.74, 6) is 0. The Balaban J connectivity index is 1.97. The van der Waals surface area contributed by atoms with Crippen molar-refractivity contribution in [2.24, 2.45) is 0 Å². The number of sulfone groups is 1. The van der Waals surface area contributed by atoms with Crippen LogP contribution in [-0.4, -0.2) is 69.1 Å². The maximum absolute atomic E-state index is 12.0. The molecule has 0 amide bonds. The molecule has 1 aliphatic rings. The average Bonchev–Trinajstić information content (AvgIpc) is 2.97. The lowest BCUT2D eigenvalue weighted by Crippen LogP contribution is -2.27. The minimum absolute atomic E-state index is 0.141. The highest BCUT2D eigenvalue weighted by Crippen LogP contribution is 2.17. The van der Waals surface area contributed by atoms with Crippen molar-refractivity contribution >= 4 is 9.84 Å². The van der Waals surface area contributed by atoms with E-state index < -0.39 is 9.84 Å². The fourth-order valence-electron chi connectivity index (χ4n) is 3.18. The topological polar surface area (TPSA) is 73.7 Å². The summed E-state index contributed by atoms with van der Waals surface area (Å²) < 4.78 is 36.6. The van der Waals surface area contributed by atoms with Gasteiger partial charge in [0, 0.05) is 46.2 Å². The van der Waals surface area contributed by atoms with Crippen LogP contribution in [0, 0.1) is 0 Å². The van der Waals surface area contributed by atoms with Gasteiger partial charge in [-0.25, -0.2) is 13.4 Å². The highest BCUT2D eigenvalue weighted by Gasteiger charge is 2.20. The van der Waals surface area contributed by atoms with Crippen LogP contribution in [0.5, 0.6) is 0 Å². The highest BCUT2D eigenvalue weighted by atomic mass is 32.2. The van der Waals surface area contributed by atoms with Gasteiger partial charge in [-0.05, 0) is 39.2 Å². The quantitative estimate of drug-likeness (QED) is 0.582. The van der Waals surface area contributed by atoms with E-state index in [-0.39, 0.29) is 5.16 Å². The number of imidazole rings is 1. The van der Waals surface area contributed by atoms with Crippen LogP contribution in [0.1, 0.15) is 37.8 Å². The molecule has 0 N–H and O–H groups in total. The van der Waals surface area contributed by atoms with Crippen LogP contribution < -0.4 is 0 Å². The zero-order chi connectivity index (χ0) is 18.3. The Kier molecular flexibility index (Phi) is 7.86. The molecule has 7 nitrogen and oxygen atoms in total. The molecule has 1 aliphatic heterocycles. The summed E-state index contributed by atoms with van der Waals surface area (Å²) >= 11 is 0. The van der Waals surface area contributed by atoms with Gasteiger partial charge in [0.2, 0.25) is 15.0 Å². The minimum atomic E-state index is -3.34. The van der Waals surface area contributed by atoms with Crippen LogP contribution in [0.4, 0.5) is 0 Å². The van der Waals surface area contributed by atoms with Crippen molar-refractivity contribution in [1.82, 2.24) is 14.5 Å². The van der Waals surface area contributed by atoms with E-state index in [9.17, 15) is 8.42 Å². The summed E-state index contributed by atoms with van der Waals surface area (Å²) in [6.45, 7) is 3.64. The number of nitrogens with zero attached hydrogens (tertiary/aromatic N) is 3. The van der Waals surface area contributed by atoms with E-state index >= 15 is 0 Å². The maximum Gasteiger partial charge on any atom is 0.227 e. The monoisotopic (exact) mass is 373 g/mol. The first-order chi connectivity index (χ1) is 11.9. The van der Waals surface area contributed by atoms with Gasteiger partial charge in [0.15, 0.2) is 0 Å². The molecule has 2 heterocycles. The van der Waals surface area contributed by atoms with Crippen molar-refractivity contribution in [2.45, 2.75) is 56.5 Å². The summed E-state index contributed by atoms with van der Waals surface area (Å²) in [6, 6.07) is 0. The SMILES string of the molecule is COCCCn1c(CN(C)CCC2CCCCO2)cnc1S(C)(=O)=O. The van der Waals surface area contributed by atoms with Crippen LogP contribution in [0.25, 0.3) is 0 Å². The number of methoxy groups -OCH3 is 1. The Morgan fingerprint density at radius 1 is 1.44 bits per heavy atom. The van der Waals surface area contributed by atoms with Crippen LogP contribution >= 0.6 is 0 Å². The normalized spacial score (nSPS) is 18.8. The average molecular weight is 374 g/mol. The second kappa shape index (κ2) is 9.66. The van der Waals surface area contributed by atoms with Gasteiger partial charge in [-0.2, -0.15) is 0 Å². The molecule has 0 saturated carbocycles. The fraction of sp³-hybridized carbons (Fsp3) is 0.824. The summed E-state index contributed by atoms with van der Waals surface area (Å²) in [4.78, 5) is 6.35. The van der Waals surface area contributed by atoms with Gasteiger partial charge < -0.3 is 18.9 Å². The van der Waals surface area contributed by atoms with E-state index in [0.29, 0.717) is 25.8 Å². The maximum atomic E-state index is 12.0. The summed E-state index contributed by atoms with van der Waals surface area (Å²) in [6.07, 6.45) is 8.55. The second-order valence-corrected chi connectivity index (χ2v) is 8.73. The third-order valence-corrected chi connectivity index (χ3v) is 5.49. The second-order valence-electron chi connectivity index (χ2n) is 6.82. The first kappa shape index (κ1) is 20.4. The Bertz CT molecular complexity index is 624. The van der Waals surface area contributed by atoms with Crippen LogP contribution in [0.2, 0.25) is 0 Å². The first-order valence-electron chi connectivity index (χ1n) is 8.95. The van der Waals surface area contributed by atoms with Gasteiger partial charge in [-0.15, -0.1) is 0 Å². The van der Waals surface area contributed by atoms with Gasteiger partial charge in [0.05, 0.1) is 18.0 Å². The predicted octanol–water partition coefficient (Wildman–Crippen LogP) is 1.71. The third-order valence-electron chi connectivity index (χ3n) is 4.50. The lowest BCUT2D eigenvalue weighted by Gasteiger charge is -2.25. The number of ether oxygens (including phenoxy) is 2. The van der Waals surface area contributed by atoms with Gasteiger partial charge in [0.25, 0.3) is 0 Å². The van der Waals surface area contributed by atoms with E-state index in [1.807, 2.05) is 4.57 Å². The molecule has 1 aromatic heterocycles. The smallest absolute Gasteiger partial charge is 0.227 e.